The van der Waals surface area contributed by atoms with Crippen LogP contribution in [0, 0.1) is 5.41 Å². The Morgan fingerprint density at radius 2 is 1.82 bits per heavy atom. The molecule has 6 nitrogen and oxygen atoms in total. The number of nitrogens with zero attached hydrogens (tertiary/aromatic N) is 1. The van der Waals surface area contributed by atoms with Crippen molar-refractivity contribution in [3.63, 3.8) is 0 Å². The zero-order valence-electron chi connectivity index (χ0n) is 14.8. The van der Waals surface area contributed by atoms with E-state index in [1.807, 2.05) is 30.3 Å². The lowest BCUT2D eigenvalue weighted by molar-refractivity contribution is -0.145. The van der Waals surface area contributed by atoms with E-state index in [0.29, 0.717) is 12.8 Å². The zero-order valence-corrected chi connectivity index (χ0v) is 15.6. The Hall–Kier alpha value is -3.06. The summed E-state index contributed by atoms with van der Waals surface area (Å²) in [5.74, 6) is -1.23. The average Bonchev–Trinajstić information content (AvgIpc) is 3.01. The van der Waals surface area contributed by atoms with Crippen LogP contribution in [-0.4, -0.2) is 22.0 Å². The van der Waals surface area contributed by atoms with Crippen LogP contribution in [0.15, 0.2) is 41.2 Å². The number of carbonyl (C=O) groups excluding carboxylic acids is 1. The van der Waals surface area contributed by atoms with Crippen molar-refractivity contribution in [2.75, 3.05) is 0 Å². The highest BCUT2D eigenvalue weighted by Gasteiger charge is 2.45. The van der Waals surface area contributed by atoms with Gasteiger partial charge in [-0.1, -0.05) is 24.3 Å². The number of hydrogen-bond donors (Lipinski definition) is 2. The van der Waals surface area contributed by atoms with E-state index in [2.05, 4.69) is 10.3 Å². The third-order valence-corrected chi connectivity index (χ3v) is 6.56. The summed E-state index contributed by atoms with van der Waals surface area (Å²) in [6, 6.07) is 11.4. The van der Waals surface area contributed by atoms with Crippen LogP contribution >= 0.6 is 11.3 Å². The van der Waals surface area contributed by atoms with Crippen molar-refractivity contribution in [2.45, 2.75) is 25.8 Å². The Balaban J connectivity index is 1.36. The van der Waals surface area contributed by atoms with Gasteiger partial charge >= 0.3 is 5.97 Å². The topological polar surface area (TPSA) is 96.4 Å². The molecule has 0 bridgehead atoms. The first-order valence-electron chi connectivity index (χ1n) is 9.00. The first-order valence-corrected chi connectivity index (χ1v) is 9.82. The third kappa shape index (κ3) is 2.70. The number of aliphatic carboxylic acids is 1. The fraction of sp³-hybridized carbons (Fsp3) is 0.238. The lowest BCUT2D eigenvalue weighted by Gasteiger charge is -2.25. The van der Waals surface area contributed by atoms with Gasteiger partial charge in [-0.15, -0.1) is 11.3 Å². The van der Waals surface area contributed by atoms with E-state index in [0.717, 1.165) is 37.1 Å². The first kappa shape index (κ1) is 17.1. The van der Waals surface area contributed by atoms with E-state index < -0.39 is 11.4 Å². The van der Waals surface area contributed by atoms with Gasteiger partial charge in [0.05, 0.1) is 28.6 Å². The lowest BCUT2D eigenvalue weighted by atomic mass is 9.80. The second-order valence-corrected chi connectivity index (χ2v) is 8.57. The molecule has 0 unspecified atom stereocenters. The summed E-state index contributed by atoms with van der Waals surface area (Å²) in [5, 5.41) is 14.5. The average molecular weight is 392 g/mol. The normalized spacial score (nSPS) is 15.3. The van der Waals surface area contributed by atoms with Gasteiger partial charge in [-0.25, -0.2) is 4.98 Å². The molecule has 3 aromatic carbocycles. The standard InChI is InChI=1S/C21H16N2O4S/c24-18(25)9-21(7-11-3-1-2-4-12(11)8-21)20(27)22-10-17-23-15-5-13-14(19(13)26)6-16(15)28-17/h1-6H,7-10H2,(H,22,27)(H,24,25). The van der Waals surface area contributed by atoms with Gasteiger partial charge in [-0.3, -0.25) is 14.4 Å². The molecule has 5 rings (SSSR count). The number of thiazole rings is 1. The van der Waals surface area contributed by atoms with Crippen LogP contribution in [0.5, 0.6) is 0 Å². The van der Waals surface area contributed by atoms with Crippen LogP contribution in [0.25, 0.3) is 21.0 Å². The Kier molecular flexibility index (Phi) is 3.64. The van der Waals surface area contributed by atoms with E-state index in [9.17, 15) is 19.5 Å². The molecule has 0 saturated heterocycles. The third-order valence-electron chi connectivity index (χ3n) is 5.55. The molecule has 1 aliphatic carbocycles. The molecule has 0 radical (unpaired) electrons. The Labute approximate surface area is 163 Å². The van der Waals surface area contributed by atoms with Crippen molar-refractivity contribution < 1.29 is 14.7 Å². The fourth-order valence-electron chi connectivity index (χ4n) is 4.12. The number of carbonyl (C=O) groups is 2. The molecule has 140 valence electrons. The summed E-state index contributed by atoms with van der Waals surface area (Å²) < 4.78 is 0.919. The van der Waals surface area contributed by atoms with Crippen LogP contribution in [0.1, 0.15) is 22.6 Å². The monoisotopic (exact) mass is 392 g/mol. The maximum absolute atomic E-state index is 13.0. The van der Waals surface area contributed by atoms with Crippen LogP contribution in [0.4, 0.5) is 0 Å². The van der Waals surface area contributed by atoms with E-state index >= 15 is 0 Å². The highest BCUT2D eigenvalue weighted by molar-refractivity contribution is 7.18. The van der Waals surface area contributed by atoms with Crippen molar-refractivity contribution in [1.82, 2.24) is 10.3 Å². The molecule has 28 heavy (non-hydrogen) atoms. The molecule has 1 aliphatic rings. The summed E-state index contributed by atoms with van der Waals surface area (Å²) in [4.78, 5) is 40.5. The largest absolute Gasteiger partial charge is 0.481 e. The van der Waals surface area contributed by atoms with E-state index in [4.69, 9.17) is 0 Å². The van der Waals surface area contributed by atoms with Gasteiger partial charge in [-0.2, -0.15) is 0 Å². The van der Waals surface area contributed by atoms with Gasteiger partial charge in [0.15, 0.2) is 5.43 Å². The Bertz CT molecular complexity index is 1200. The molecule has 4 aromatic rings. The number of aromatic nitrogens is 1. The highest BCUT2D eigenvalue weighted by atomic mass is 32.1. The molecule has 1 amide bonds. The van der Waals surface area contributed by atoms with Crippen LogP contribution < -0.4 is 10.7 Å². The number of nitrogens with one attached hydrogen (secondary N) is 1. The van der Waals surface area contributed by atoms with Gasteiger partial charge < -0.3 is 10.4 Å². The SMILES string of the molecule is O=C(O)CC1(C(=O)NCc2nc3cc4c(=O)c4cc3s2)Cc2ccccc2C1. The van der Waals surface area contributed by atoms with Crippen molar-refractivity contribution in [2.24, 2.45) is 5.41 Å². The van der Waals surface area contributed by atoms with Crippen LogP contribution in [0.2, 0.25) is 0 Å². The number of rotatable bonds is 5. The van der Waals surface area contributed by atoms with Crippen LogP contribution in [-0.2, 0) is 29.0 Å². The maximum atomic E-state index is 13.0. The van der Waals surface area contributed by atoms with Gasteiger partial charge in [-0.05, 0) is 36.1 Å². The van der Waals surface area contributed by atoms with Crippen molar-refractivity contribution in [3.8, 4) is 0 Å². The summed E-state index contributed by atoms with van der Waals surface area (Å²) in [6.07, 6.45) is 0.647. The maximum Gasteiger partial charge on any atom is 0.304 e. The molecular formula is C21H16N2O4S. The molecule has 0 saturated carbocycles. The molecule has 0 spiro atoms. The number of benzene rings is 2. The second kappa shape index (κ2) is 5.97. The molecule has 1 aromatic heterocycles. The van der Waals surface area contributed by atoms with E-state index in [-0.39, 0.29) is 24.3 Å². The van der Waals surface area contributed by atoms with Gasteiger partial charge in [0.25, 0.3) is 0 Å². The van der Waals surface area contributed by atoms with Gasteiger partial charge in [0.2, 0.25) is 5.91 Å². The second-order valence-electron chi connectivity index (χ2n) is 7.46. The molecule has 7 heteroatoms. The Morgan fingerprint density at radius 3 is 2.50 bits per heavy atom. The van der Waals surface area contributed by atoms with Crippen molar-refractivity contribution in [3.05, 3.63) is 62.8 Å². The zero-order chi connectivity index (χ0) is 19.5. The summed E-state index contributed by atoms with van der Waals surface area (Å²) in [6.45, 7) is 0.245. The minimum atomic E-state index is -0.977. The molecular weight excluding hydrogens is 376 g/mol. The first-order chi connectivity index (χ1) is 13.4. The summed E-state index contributed by atoms with van der Waals surface area (Å²) in [5.41, 5.74) is 1.94. The van der Waals surface area contributed by atoms with E-state index in [1.54, 1.807) is 6.07 Å². The molecule has 0 fully saturated rings. The molecule has 1 heterocycles. The molecule has 0 aliphatic heterocycles. The highest BCUT2D eigenvalue weighted by Crippen LogP contribution is 2.40. The predicted octanol–water partition coefficient (Wildman–Crippen LogP) is 2.56. The van der Waals surface area contributed by atoms with Crippen LogP contribution in [0.3, 0.4) is 0 Å². The Morgan fingerprint density at radius 1 is 1.14 bits per heavy atom. The van der Waals surface area contributed by atoms with Crippen molar-refractivity contribution in [1.29, 1.82) is 0 Å². The van der Waals surface area contributed by atoms with Gasteiger partial charge in [0, 0.05) is 10.8 Å². The smallest absolute Gasteiger partial charge is 0.304 e. The summed E-state index contributed by atoms with van der Waals surface area (Å²) in [7, 11) is 0. The number of carboxylic acids is 1. The quantitative estimate of drug-likeness (QED) is 0.544. The number of fused-ring (bicyclic) bond motifs is 3. The lowest BCUT2D eigenvalue weighted by Crippen LogP contribution is -2.43. The molecule has 0 atom stereocenters. The number of hydrogen-bond acceptors (Lipinski definition) is 5. The molecule has 2 N–H and O–H groups in total. The van der Waals surface area contributed by atoms with Crippen molar-refractivity contribution >= 4 is 44.2 Å². The minimum absolute atomic E-state index is 0.0801. The number of amides is 1. The predicted molar refractivity (Wildman–Crippen MR) is 106 cm³/mol. The van der Waals surface area contributed by atoms with Gasteiger partial charge in [0.1, 0.15) is 5.01 Å². The minimum Gasteiger partial charge on any atom is -0.481 e. The van der Waals surface area contributed by atoms with E-state index in [1.165, 1.54) is 11.3 Å². The summed E-state index contributed by atoms with van der Waals surface area (Å²) >= 11 is 1.44. The number of carboxylic acid groups (broad SMARTS) is 1. The fourth-order valence-corrected chi connectivity index (χ4v) is 5.05.